The van der Waals surface area contributed by atoms with E-state index in [2.05, 4.69) is 22.5 Å². The molecule has 4 rings (SSSR count). The van der Waals surface area contributed by atoms with Crippen molar-refractivity contribution in [3.05, 3.63) is 78.1 Å². The molecule has 5 heteroatoms. The summed E-state index contributed by atoms with van der Waals surface area (Å²) in [6, 6.07) is 18.1. The van der Waals surface area contributed by atoms with Crippen molar-refractivity contribution < 1.29 is 4.79 Å². The Morgan fingerprint density at radius 1 is 1.12 bits per heavy atom. The number of nitrogens with zero attached hydrogens (tertiary/aromatic N) is 2. The summed E-state index contributed by atoms with van der Waals surface area (Å²) in [5.74, 6) is 0.939. The highest BCUT2D eigenvalue weighted by Gasteiger charge is 2.22. The number of hydrogen-bond acceptors (Lipinski definition) is 3. The zero-order valence-electron chi connectivity index (χ0n) is 13.1. The summed E-state index contributed by atoms with van der Waals surface area (Å²) >= 11 is 1.85. The highest BCUT2D eigenvalue weighted by atomic mass is 32.2. The lowest BCUT2D eigenvalue weighted by Crippen LogP contribution is -2.30. The summed E-state index contributed by atoms with van der Waals surface area (Å²) in [5, 5.41) is 7.45. The van der Waals surface area contributed by atoms with Gasteiger partial charge in [0.2, 0.25) is 0 Å². The first-order chi connectivity index (χ1) is 11.8. The molecule has 1 aliphatic rings. The number of rotatable bonds is 3. The first-order valence-electron chi connectivity index (χ1n) is 7.94. The number of aromatic nitrogens is 2. The maximum atomic E-state index is 12.6. The number of carbonyl (C=O) groups is 1. The number of carbonyl (C=O) groups excluding carboxylic acids is 1. The van der Waals surface area contributed by atoms with Gasteiger partial charge in [-0.1, -0.05) is 36.4 Å². The fourth-order valence-corrected chi connectivity index (χ4v) is 4.02. The molecular weight excluding hydrogens is 318 g/mol. The molecule has 2 aromatic carbocycles. The van der Waals surface area contributed by atoms with Crippen molar-refractivity contribution in [1.82, 2.24) is 15.1 Å². The van der Waals surface area contributed by atoms with E-state index in [-0.39, 0.29) is 11.9 Å². The third kappa shape index (κ3) is 2.95. The molecule has 1 N–H and O–H groups in total. The van der Waals surface area contributed by atoms with Gasteiger partial charge >= 0.3 is 0 Å². The van der Waals surface area contributed by atoms with Gasteiger partial charge in [0.1, 0.15) is 0 Å². The number of hydrogen-bond donors (Lipinski definition) is 1. The van der Waals surface area contributed by atoms with Gasteiger partial charge in [-0.05, 0) is 30.2 Å². The standard InChI is InChI=1S/C19H17N3OS/c23-19(14-12-20-22(13-14)15-6-2-1-3-7-15)21-17-10-11-24-18-9-5-4-8-16(17)18/h1-9,12-13,17H,10-11H2,(H,21,23). The van der Waals surface area contributed by atoms with Crippen LogP contribution in [0.2, 0.25) is 0 Å². The number of amides is 1. The summed E-state index contributed by atoms with van der Waals surface area (Å²) in [6.45, 7) is 0. The lowest BCUT2D eigenvalue weighted by atomic mass is 10.0. The van der Waals surface area contributed by atoms with E-state index in [4.69, 9.17) is 0 Å². The van der Waals surface area contributed by atoms with E-state index in [1.807, 2.05) is 54.2 Å². The fraction of sp³-hybridized carbons (Fsp3) is 0.158. The van der Waals surface area contributed by atoms with Gasteiger partial charge in [0.15, 0.2) is 0 Å². The van der Waals surface area contributed by atoms with Crippen LogP contribution < -0.4 is 5.32 Å². The van der Waals surface area contributed by atoms with Crippen LogP contribution in [0.3, 0.4) is 0 Å². The van der Waals surface area contributed by atoms with Gasteiger partial charge in [-0.25, -0.2) is 4.68 Å². The van der Waals surface area contributed by atoms with Crippen LogP contribution >= 0.6 is 11.8 Å². The molecule has 0 saturated heterocycles. The Morgan fingerprint density at radius 3 is 2.79 bits per heavy atom. The Balaban J connectivity index is 1.53. The summed E-state index contributed by atoms with van der Waals surface area (Å²) in [4.78, 5) is 13.9. The monoisotopic (exact) mass is 335 g/mol. The van der Waals surface area contributed by atoms with E-state index in [1.54, 1.807) is 17.1 Å². The van der Waals surface area contributed by atoms with Gasteiger partial charge in [0.05, 0.1) is 23.5 Å². The van der Waals surface area contributed by atoms with Crippen LogP contribution in [-0.2, 0) is 0 Å². The lowest BCUT2D eigenvalue weighted by molar-refractivity contribution is 0.0935. The smallest absolute Gasteiger partial charge is 0.254 e. The maximum Gasteiger partial charge on any atom is 0.254 e. The molecule has 0 radical (unpaired) electrons. The van der Waals surface area contributed by atoms with E-state index in [1.165, 1.54) is 10.5 Å². The normalized spacial score (nSPS) is 16.4. The van der Waals surface area contributed by atoms with Gasteiger partial charge in [-0.2, -0.15) is 5.10 Å². The Labute approximate surface area is 144 Å². The summed E-state index contributed by atoms with van der Waals surface area (Å²) in [6.07, 6.45) is 4.33. The van der Waals surface area contributed by atoms with Crippen LogP contribution in [0.1, 0.15) is 28.4 Å². The summed E-state index contributed by atoms with van der Waals surface area (Å²) < 4.78 is 1.72. The van der Waals surface area contributed by atoms with Crippen LogP contribution in [0.15, 0.2) is 71.9 Å². The molecule has 1 aromatic heterocycles. The van der Waals surface area contributed by atoms with Gasteiger partial charge in [0.25, 0.3) is 5.91 Å². The number of thioether (sulfide) groups is 1. The topological polar surface area (TPSA) is 46.9 Å². The minimum atomic E-state index is -0.0797. The molecule has 4 nitrogen and oxygen atoms in total. The molecule has 1 amide bonds. The van der Waals surface area contributed by atoms with E-state index in [9.17, 15) is 4.79 Å². The van der Waals surface area contributed by atoms with Crippen molar-refractivity contribution in [3.8, 4) is 5.69 Å². The second kappa shape index (κ2) is 6.53. The van der Waals surface area contributed by atoms with Gasteiger partial charge < -0.3 is 5.32 Å². The Hall–Kier alpha value is -2.53. The zero-order valence-corrected chi connectivity index (χ0v) is 13.9. The van der Waals surface area contributed by atoms with Crippen LogP contribution in [0.25, 0.3) is 5.69 Å². The molecule has 0 saturated carbocycles. The quantitative estimate of drug-likeness (QED) is 0.791. The predicted molar refractivity (Wildman–Crippen MR) is 95.6 cm³/mol. The van der Waals surface area contributed by atoms with Crippen molar-refractivity contribution in [1.29, 1.82) is 0 Å². The Morgan fingerprint density at radius 2 is 1.92 bits per heavy atom. The van der Waals surface area contributed by atoms with E-state index in [0.717, 1.165) is 17.9 Å². The summed E-state index contributed by atoms with van der Waals surface area (Å²) in [5.41, 5.74) is 2.73. The van der Waals surface area contributed by atoms with Crippen molar-refractivity contribution in [2.24, 2.45) is 0 Å². The Bertz CT molecular complexity index is 860. The number of benzene rings is 2. The third-order valence-electron chi connectivity index (χ3n) is 4.13. The zero-order chi connectivity index (χ0) is 16.4. The second-order valence-electron chi connectivity index (χ2n) is 5.71. The molecule has 1 unspecified atom stereocenters. The van der Waals surface area contributed by atoms with Crippen LogP contribution in [0.5, 0.6) is 0 Å². The van der Waals surface area contributed by atoms with Crippen molar-refractivity contribution >= 4 is 17.7 Å². The summed E-state index contributed by atoms with van der Waals surface area (Å²) in [7, 11) is 0. The molecule has 120 valence electrons. The molecule has 3 aromatic rings. The molecule has 0 bridgehead atoms. The molecule has 0 spiro atoms. The number of fused-ring (bicyclic) bond motifs is 1. The predicted octanol–water partition coefficient (Wildman–Crippen LogP) is 3.84. The number of para-hydroxylation sites is 1. The van der Waals surface area contributed by atoms with Gasteiger partial charge in [-0.3, -0.25) is 4.79 Å². The van der Waals surface area contributed by atoms with Crippen molar-refractivity contribution in [2.45, 2.75) is 17.4 Å². The third-order valence-corrected chi connectivity index (χ3v) is 5.25. The average Bonchev–Trinajstić information content (AvgIpc) is 3.13. The first-order valence-corrected chi connectivity index (χ1v) is 8.92. The molecule has 0 fully saturated rings. The second-order valence-corrected chi connectivity index (χ2v) is 6.85. The number of nitrogens with one attached hydrogen (secondary N) is 1. The molecule has 2 heterocycles. The van der Waals surface area contributed by atoms with Gasteiger partial charge in [-0.15, -0.1) is 11.8 Å². The van der Waals surface area contributed by atoms with E-state index >= 15 is 0 Å². The first kappa shape index (κ1) is 15.0. The van der Waals surface area contributed by atoms with Crippen LogP contribution in [0, 0.1) is 0 Å². The lowest BCUT2D eigenvalue weighted by Gasteiger charge is -2.25. The molecule has 1 atom stereocenters. The van der Waals surface area contributed by atoms with E-state index in [0.29, 0.717) is 5.56 Å². The highest BCUT2D eigenvalue weighted by Crippen LogP contribution is 2.35. The average molecular weight is 335 g/mol. The maximum absolute atomic E-state index is 12.6. The minimum absolute atomic E-state index is 0.0648. The molecule has 24 heavy (non-hydrogen) atoms. The molecule has 0 aliphatic carbocycles. The largest absolute Gasteiger partial charge is 0.345 e. The minimum Gasteiger partial charge on any atom is -0.345 e. The fourth-order valence-electron chi connectivity index (χ4n) is 2.90. The Kier molecular flexibility index (Phi) is 4.09. The van der Waals surface area contributed by atoms with Crippen LogP contribution in [0.4, 0.5) is 0 Å². The van der Waals surface area contributed by atoms with Gasteiger partial charge in [0, 0.05) is 16.8 Å². The SMILES string of the molecule is O=C(NC1CCSc2ccccc21)c1cnn(-c2ccccc2)c1. The molecule has 1 aliphatic heterocycles. The van der Waals surface area contributed by atoms with E-state index < -0.39 is 0 Å². The molecular formula is C19H17N3OS. The highest BCUT2D eigenvalue weighted by molar-refractivity contribution is 7.99. The van der Waals surface area contributed by atoms with Crippen molar-refractivity contribution in [2.75, 3.05) is 5.75 Å². The van der Waals surface area contributed by atoms with Crippen molar-refractivity contribution in [3.63, 3.8) is 0 Å². The van der Waals surface area contributed by atoms with Crippen LogP contribution in [-0.4, -0.2) is 21.4 Å².